The molecular formula is C21H26N2O3S. The summed E-state index contributed by atoms with van der Waals surface area (Å²) in [6, 6.07) is 15.9. The van der Waals surface area contributed by atoms with Gasteiger partial charge in [0.1, 0.15) is 0 Å². The van der Waals surface area contributed by atoms with Crippen LogP contribution in [-0.2, 0) is 16.6 Å². The van der Waals surface area contributed by atoms with Gasteiger partial charge in [0.05, 0.1) is 4.90 Å². The van der Waals surface area contributed by atoms with Gasteiger partial charge in [0, 0.05) is 31.7 Å². The Kier molecular flexibility index (Phi) is 6.29. The summed E-state index contributed by atoms with van der Waals surface area (Å²) in [5.41, 5.74) is 1.49. The molecule has 1 aliphatic heterocycles. The van der Waals surface area contributed by atoms with Crippen molar-refractivity contribution >= 4 is 15.9 Å². The number of benzene rings is 2. The van der Waals surface area contributed by atoms with Crippen molar-refractivity contribution < 1.29 is 13.2 Å². The zero-order valence-electron chi connectivity index (χ0n) is 15.7. The van der Waals surface area contributed by atoms with Crippen LogP contribution in [0.15, 0.2) is 59.5 Å². The van der Waals surface area contributed by atoms with Crippen molar-refractivity contribution in [1.29, 1.82) is 0 Å². The summed E-state index contributed by atoms with van der Waals surface area (Å²) in [4.78, 5) is 14.6. The number of carbonyl (C=O) groups is 1. The Morgan fingerprint density at radius 1 is 0.963 bits per heavy atom. The summed E-state index contributed by atoms with van der Waals surface area (Å²) in [7, 11) is -3.61. The van der Waals surface area contributed by atoms with E-state index in [1.54, 1.807) is 24.3 Å². The second kappa shape index (κ2) is 8.67. The molecule has 27 heavy (non-hydrogen) atoms. The van der Waals surface area contributed by atoms with E-state index >= 15 is 0 Å². The Morgan fingerprint density at radius 2 is 1.59 bits per heavy atom. The number of sulfonamides is 1. The molecule has 0 spiro atoms. The molecule has 0 atom stereocenters. The summed E-state index contributed by atoms with van der Waals surface area (Å²) in [6.45, 7) is 4.09. The van der Waals surface area contributed by atoms with Gasteiger partial charge in [-0.15, -0.1) is 0 Å². The van der Waals surface area contributed by atoms with Crippen LogP contribution >= 0.6 is 0 Å². The monoisotopic (exact) mass is 386 g/mol. The van der Waals surface area contributed by atoms with Crippen LogP contribution in [-0.4, -0.2) is 43.2 Å². The topological polar surface area (TPSA) is 57.7 Å². The molecule has 0 unspecified atom stereocenters. The van der Waals surface area contributed by atoms with E-state index in [9.17, 15) is 13.2 Å². The third-order valence-electron chi connectivity index (χ3n) is 4.94. The second-order valence-electron chi connectivity index (χ2n) is 6.79. The van der Waals surface area contributed by atoms with E-state index in [-0.39, 0.29) is 10.8 Å². The van der Waals surface area contributed by atoms with Gasteiger partial charge in [0.25, 0.3) is 5.91 Å². The first-order chi connectivity index (χ1) is 13.0. The molecule has 0 saturated carbocycles. The number of carbonyl (C=O) groups excluding carboxylic acids is 1. The summed E-state index contributed by atoms with van der Waals surface area (Å²) in [6.07, 6.45) is 3.22. The molecular weight excluding hydrogens is 360 g/mol. The highest BCUT2D eigenvalue weighted by atomic mass is 32.2. The van der Waals surface area contributed by atoms with Crippen molar-refractivity contribution in [2.75, 3.05) is 19.6 Å². The van der Waals surface area contributed by atoms with E-state index in [1.165, 1.54) is 4.31 Å². The highest BCUT2D eigenvalue weighted by Crippen LogP contribution is 2.20. The van der Waals surface area contributed by atoms with Crippen LogP contribution in [0.2, 0.25) is 0 Å². The summed E-state index contributed by atoms with van der Waals surface area (Å²) < 4.78 is 27.4. The molecule has 1 heterocycles. The molecule has 0 N–H and O–H groups in total. The van der Waals surface area contributed by atoms with Crippen LogP contribution < -0.4 is 0 Å². The molecule has 0 aliphatic carbocycles. The number of likely N-dealkylation sites (tertiary alicyclic amines) is 1. The van der Waals surface area contributed by atoms with Crippen molar-refractivity contribution in [2.24, 2.45) is 0 Å². The Balaban J connectivity index is 1.76. The molecule has 1 fully saturated rings. The lowest BCUT2D eigenvalue weighted by Gasteiger charge is -2.27. The number of hydrogen-bond acceptors (Lipinski definition) is 3. The van der Waals surface area contributed by atoms with E-state index in [0.717, 1.165) is 37.9 Å². The van der Waals surface area contributed by atoms with Gasteiger partial charge in [0.2, 0.25) is 10.0 Å². The molecule has 144 valence electrons. The van der Waals surface area contributed by atoms with Gasteiger partial charge < -0.3 is 4.90 Å². The highest BCUT2D eigenvalue weighted by molar-refractivity contribution is 7.89. The molecule has 0 aromatic heterocycles. The van der Waals surface area contributed by atoms with Crippen molar-refractivity contribution in [3.8, 4) is 0 Å². The number of piperidine rings is 1. The zero-order chi connectivity index (χ0) is 19.3. The fourth-order valence-electron chi connectivity index (χ4n) is 3.35. The predicted octanol–water partition coefficient (Wildman–Crippen LogP) is 3.52. The average Bonchev–Trinajstić information content (AvgIpc) is 2.73. The Labute approximate surface area is 161 Å². The smallest absolute Gasteiger partial charge is 0.253 e. The Morgan fingerprint density at radius 3 is 2.19 bits per heavy atom. The normalized spacial score (nSPS) is 15.1. The molecule has 0 radical (unpaired) electrons. The van der Waals surface area contributed by atoms with E-state index in [4.69, 9.17) is 0 Å². The first-order valence-electron chi connectivity index (χ1n) is 9.46. The molecule has 2 aromatic rings. The first-order valence-corrected chi connectivity index (χ1v) is 10.9. The lowest BCUT2D eigenvalue weighted by Crippen LogP contribution is -2.35. The van der Waals surface area contributed by atoms with Gasteiger partial charge in [-0.1, -0.05) is 37.3 Å². The largest absolute Gasteiger partial charge is 0.339 e. The maximum Gasteiger partial charge on any atom is 0.253 e. The molecule has 1 amide bonds. The molecule has 6 heteroatoms. The minimum absolute atomic E-state index is 0.0183. The molecule has 1 aliphatic rings. The van der Waals surface area contributed by atoms with Crippen LogP contribution in [0, 0.1) is 0 Å². The molecule has 2 aromatic carbocycles. The van der Waals surface area contributed by atoms with E-state index < -0.39 is 10.0 Å². The minimum Gasteiger partial charge on any atom is -0.339 e. The van der Waals surface area contributed by atoms with Crippen molar-refractivity contribution in [2.45, 2.75) is 37.6 Å². The fourth-order valence-corrected chi connectivity index (χ4v) is 4.79. The van der Waals surface area contributed by atoms with E-state index in [1.807, 2.05) is 42.2 Å². The highest BCUT2D eigenvalue weighted by Gasteiger charge is 2.24. The van der Waals surface area contributed by atoms with Crippen LogP contribution in [0.5, 0.6) is 0 Å². The van der Waals surface area contributed by atoms with Gasteiger partial charge in [-0.05, 0) is 49.1 Å². The quantitative estimate of drug-likeness (QED) is 0.763. The lowest BCUT2D eigenvalue weighted by atomic mass is 10.1. The van der Waals surface area contributed by atoms with Crippen molar-refractivity contribution in [3.63, 3.8) is 0 Å². The number of hydrogen-bond donors (Lipinski definition) is 0. The third kappa shape index (κ3) is 4.57. The standard InChI is InChI=1S/C21H26N2O3S/c1-2-23(17-18-9-5-3-6-10-18)27(25,26)20-13-11-19(12-14-20)21(24)22-15-7-4-8-16-22/h3,5-6,9-14H,2,4,7-8,15-17H2,1H3. The maximum atomic E-state index is 13.0. The van der Waals surface area contributed by atoms with Crippen molar-refractivity contribution in [1.82, 2.24) is 9.21 Å². The van der Waals surface area contributed by atoms with Crippen LogP contribution in [0.3, 0.4) is 0 Å². The van der Waals surface area contributed by atoms with Crippen LogP contribution in [0.1, 0.15) is 42.1 Å². The second-order valence-corrected chi connectivity index (χ2v) is 8.73. The number of amides is 1. The fraction of sp³-hybridized carbons (Fsp3) is 0.381. The Hall–Kier alpha value is -2.18. The lowest BCUT2D eigenvalue weighted by molar-refractivity contribution is 0.0724. The maximum absolute atomic E-state index is 13.0. The SMILES string of the molecule is CCN(Cc1ccccc1)S(=O)(=O)c1ccc(C(=O)N2CCCCC2)cc1. The predicted molar refractivity (Wildman–Crippen MR) is 106 cm³/mol. The number of nitrogens with zero attached hydrogens (tertiary/aromatic N) is 2. The van der Waals surface area contributed by atoms with Gasteiger partial charge in [-0.2, -0.15) is 4.31 Å². The molecule has 3 rings (SSSR count). The van der Waals surface area contributed by atoms with Crippen LogP contribution in [0.4, 0.5) is 0 Å². The zero-order valence-corrected chi connectivity index (χ0v) is 16.5. The third-order valence-corrected chi connectivity index (χ3v) is 6.87. The van der Waals surface area contributed by atoms with E-state index in [2.05, 4.69) is 0 Å². The van der Waals surface area contributed by atoms with Crippen LogP contribution in [0.25, 0.3) is 0 Å². The molecule has 0 bridgehead atoms. The summed E-state index contributed by atoms with van der Waals surface area (Å²) >= 11 is 0. The van der Waals surface area contributed by atoms with Gasteiger partial charge >= 0.3 is 0 Å². The molecule has 5 nitrogen and oxygen atoms in total. The average molecular weight is 387 g/mol. The molecule has 1 saturated heterocycles. The van der Waals surface area contributed by atoms with E-state index in [0.29, 0.717) is 18.7 Å². The van der Waals surface area contributed by atoms with Crippen molar-refractivity contribution in [3.05, 3.63) is 65.7 Å². The summed E-state index contributed by atoms with van der Waals surface area (Å²) in [5.74, 6) is -0.0183. The first kappa shape index (κ1) is 19.6. The Bertz CT molecular complexity index is 858. The number of rotatable bonds is 6. The van der Waals surface area contributed by atoms with Gasteiger partial charge in [-0.25, -0.2) is 8.42 Å². The minimum atomic E-state index is -3.61. The van der Waals surface area contributed by atoms with Gasteiger partial charge in [0.15, 0.2) is 0 Å². The van der Waals surface area contributed by atoms with Gasteiger partial charge in [-0.3, -0.25) is 4.79 Å². The summed E-state index contributed by atoms with van der Waals surface area (Å²) in [5, 5.41) is 0.